The first kappa shape index (κ1) is 22.0. The van der Waals surface area contributed by atoms with Gasteiger partial charge in [0, 0.05) is 25.2 Å². The van der Waals surface area contributed by atoms with Gasteiger partial charge < -0.3 is 5.11 Å². The Morgan fingerprint density at radius 3 is 2.70 bits per heavy atom. The Morgan fingerprint density at radius 1 is 1.27 bits per heavy atom. The molecule has 0 saturated heterocycles. The standard InChI is InChI=1S/C27H40O3/c1-16(2)12-19(29)13-17(3)21-6-7-22-20-15-25(30)24-14-18(28)8-10-27(24,5)23(20)9-11-26(21,22)4/h9,13,16,20-22,24-25,30H,6-8,10-12,14-15H2,1-5H3. The van der Waals surface area contributed by atoms with E-state index in [2.05, 4.69) is 40.7 Å². The van der Waals surface area contributed by atoms with Crippen LogP contribution in [0.4, 0.5) is 0 Å². The summed E-state index contributed by atoms with van der Waals surface area (Å²) in [6, 6.07) is 0. The normalized spacial score (nSPS) is 43.7. The maximum atomic E-state index is 12.4. The van der Waals surface area contributed by atoms with Crippen LogP contribution in [0, 0.1) is 40.4 Å². The van der Waals surface area contributed by atoms with Crippen LogP contribution in [0.25, 0.3) is 0 Å². The maximum absolute atomic E-state index is 12.4. The lowest BCUT2D eigenvalue weighted by Crippen LogP contribution is -2.53. The van der Waals surface area contributed by atoms with Crippen molar-refractivity contribution in [2.24, 2.45) is 40.4 Å². The van der Waals surface area contributed by atoms with Crippen LogP contribution in [0.3, 0.4) is 0 Å². The van der Waals surface area contributed by atoms with E-state index in [1.54, 1.807) is 5.57 Å². The molecule has 3 nitrogen and oxygen atoms in total. The number of fused-ring (bicyclic) bond motifs is 5. The van der Waals surface area contributed by atoms with Gasteiger partial charge in [-0.3, -0.25) is 9.59 Å². The summed E-state index contributed by atoms with van der Waals surface area (Å²) in [5.74, 6) is 2.52. The SMILES string of the molecule is CC(=CC(=O)CC(C)C)C1CCC2C3CC(O)C4CC(=O)CCC4(C)C3=CCC12C. The molecule has 3 fully saturated rings. The van der Waals surface area contributed by atoms with Crippen molar-refractivity contribution in [2.75, 3.05) is 0 Å². The third-order valence-electron chi connectivity index (χ3n) is 9.41. The second kappa shape index (κ2) is 7.73. The highest BCUT2D eigenvalue weighted by atomic mass is 16.3. The second-order valence-corrected chi connectivity index (χ2v) is 11.7. The summed E-state index contributed by atoms with van der Waals surface area (Å²) in [6.45, 7) is 11.1. The number of aliphatic hydroxyl groups is 1. The molecule has 0 aromatic rings. The fourth-order valence-corrected chi connectivity index (χ4v) is 7.93. The lowest BCUT2D eigenvalue weighted by molar-refractivity contribution is -0.130. The van der Waals surface area contributed by atoms with Crippen LogP contribution < -0.4 is 0 Å². The predicted molar refractivity (Wildman–Crippen MR) is 120 cm³/mol. The summed E-state index contributed by atoms with van der Waals surface area (Å²) in [5, 5.41) is 11.1. The van der Waals surface area contributed by atoms with Gasteiger partial charge in [-0.15, -0.1) is 0 Å². The minimum Gasteiger partial charge on any atom is -0.393 e. The van der Waals surface area contributed by atoms with Crippen LogP contribution in [0.5, 0.6) is 0 Å². The highest BCUT2D eigenvalue weighted by Gasteiger charge is 2.59. The predicted octanol–water partition coefficient (Wildman–Crippen LogP) is 5.67. The number of ketones is 2. The molecule has 4 aliphatic rings. The molecule has 4 aliphatic carbocycles. The molecule has 1 N–H and O–H groups in total. The largest absolute Gasteiger partial charge is 0.393 e. The second-order valence-electron chi connectivity index (χ2n) is 11.7. The summed E-state index contributed by atoms with van der Waals surface area (Å²) >= 11 is 0. The number of hydrogen-bond donors (Lipinski definition) is 1. The molecule has 0 heterocycles. The Kier molecular flexibility index (Phi) is 5.66. The van der Waals surface area contributed by atoms with E-state index in [9.17, 15) is 14.7 Å². The van der Waals surface area contributed by atoms with Gasteiger partial charge in [-0.2, -0.15) is 0 Å². The molecular formula is C27H40O3. The number of Topliss-reactive ketones (excluding diaryl/α,β-unsaturated/α-hetero) is 1. The van der Waals surface area contributed by atoms with Crippen molar-refractivity contribution in [1.29, 1.82) is 0 Å². The Bertz CT molecular complexity index is 790. The smallest absolute Gasteiger partial charge is 0.155 e. The minimum absolute atomic E-state index is 0.0201. The van der Waals surface area contributed by atoms with Crippen molar-refractivity contribution < 1.29 is 14.7 Å². The number of rotatable bonds is 4. The number of allylic oxidation sites excluding steroid dienone is 4. The van der Waals surface area contributed by atoms with Gasteiger partial charge in [0.1, 0.15) is 5.78 Å². The number of carbonyl (C=O) groups excluding carboxylic acids is 2. The van der Waals surface area contributed by atoms with Gasteiger partial charge in [0.05, 0.1) is 6.10 Å². The van der Waals surface area contributed by atoms with E-state index in [1.165, 1.54) is 12.0 Å². The molecule has 0 bridgehead atoms. The molecule has 7 atom stereocenters. The first-order chi connectivity index (χ1) is 14.1. The van der Waals surface area contributed by atoms with Gasteiger partial charge in [-0.1, -0.05) is 44.9 Å². The molecule has 7 unspecified atom stereocenters. The summed E-state index contributed by atoms with van der Waals surface area (Å²) in [4.78, 5) is 24.5. The zero-order valence-corrected chi connectivity index (χ0v) is 19.5. The average Bonchev–Trinajstić information content (AvgIpc) is 3.00. The van der Waals surface area contributed by atoms with Crippen LogP contribution in [-0.4, -0.2) is 22.8 Å². The van der Waals surface area contributed by atoms with Gasteiger partial charge >= 0.3 is 0 Å². The van der Waals surface area contributed by atoms with Crippen molar-refractivity contribution in [1.82, 2.24) is 0 Å². The molecule has 3 heteroatoms. The van der Waals surface area contributed by atoms with Gasteiger partial charge in [0.25, 0.3) is 0 Å². The topological polar surface area (TPSA) is 54.4 Å². The number of aliphatic hydroxyl groups excluding tert-OH is 1. The highest BCUT2D eigenvalue weighted by Crippen LogP contribution is 2.66. The number of carbonyl (C=O) groups is 2. The van der Waals surface area contributed by atoms with Gasteiger partial charge in [0.2, 0.25) is 0 Å². The molecule has 4 rings (SSSR count). The number of hydrogen-bond acceptors (Lipinski definition) is 3. The van der Waals surface area contributed by atoms with Crippen molar-refractivity contribution in [3.63, 3.8) is 0 Å². The van der Waals surface area contributed by atoms with E-state index >= 15 is 0 Å². The zero-order valence-electron chi connectivity index (χ0n) is 19.5. The molecule has 0 radical (unpaired) electrons. The Morgan fingerprint density at radius 2 is 2.00 bits per heavy atom. The third-order valence-corrected chi connectivity index (χ3v) is 9.41. The van der Waals surface area contributed by atoms with Gasteiger partial charge in [-0.25, -0.2) is 0 Å². The third kappa shape index (κ3) is 3.45. The lowest BCUT2D eigenvalue weighted by atomic mass is 9.48. The van der Waals surface area contributed by atoms with E-state index in [0.717, 1.165) is 25.7 Å². The Balaban J connectivity index is 1.62. The summed E-state index contributed by atoms with van der Waals surface area (Å²) < 4.78 is 0. The lowest BCUT2D eigenvalue weighted by Gasteiger charge is -2.57. The minimum atomic E-state index is -0.368. The first-order valence-electron chi connectivity index (χ1n) is 12.2. The first-order valence-corrected chi connectivity index (χ1v) is 12.2. The molecule has 0 aromatic heterocycles. The van der Waals surface area contributed by atoms with Crippen molar-refractivity contribution >= 4 is 11.6 Å². The molecule has 30 heavy (non-hydrogen) atoms. The maximum Gasteiger partial charge on any atom is 0.155 e. The molecule has 0 amide bonds. The van der Waals surface area contributed by atoms with Crippen molar-refractivity contribution in [3.05, 3.63) is 23.3 Å². The zero-order chi connectivity index (χ0) is 21.8. The summed E-state index contributed by atoms with van der Waals surface area (Å²) in [7, 11) is 0. The summed E-state index contributed by atoms with van der Waals surface area (Å²) in [5.41, 5.74) is 2.95. The van der Waals surface area contributed by atoms with E-state index in [-0.39, 0.29) is 28.6 Å². The van der Waals surface area contributed by atoms with E-state index in [0.29, 0.717) is 48.7 Å². The molecule has 166 valence electrons. The van der Waals surface area contributed by atoms with Crippen molar-refractivity contribution in [2.45, 2.75) is 92.1 Å². The molecule has 0 aliphatic heterocycles. The monoisotopic (exact) mass is 412 g/mol. The molecule has 0 spiro atoms. The Labute approximate surface area is 182 Å². The van der Waals surface area contributed by atoms with E-state index < -0.39 is 0 Å². The molecule has 0 aromatic carbocycles. The van der Waals surface area contributed by atoms with Crippen LogP contribution in [0.1, 0.15) is 86.0 Å². The van der Waals surface area contributed by atoms with Crippen LogP contribution in [0.15, 0.2) is 23.3 Å². The van der Waals surface area contributed by atoms with Crippen LogP contribution in [-0.2, 0) is 9.59 Å². The molecular weight excluding hydrogens is 372 g/mol. The van der Waals surface area contributed by atoms with E-state index in [4.69, 9.17) is 0 Å². The van der Waals surface area contributed by atoms with Gasteiger partial charge in [0.15, 0.2) is 5.78 Å². The van der Waals surface area contributed by atoms with Crippen LogP contribution >= 0.6 is 0 Å². The quantitative estimate of drug-likeness (QED) is 0.478. The van der Waals surface area contributed by atoms with Crippen LogP contribution in [0.2, 0.25) is 0 Å². The Hall–Kier alpha value is -1.22. The fourth-order valence-electron chi connectivity index (χ4n) is 7.93. The highest BCUT2D eigenvalue weighted by molar-refractivity contribution is 5.90. The van der Waals surface area contributed by atoms with Crippen molar-refractivity contribution in [3.8, 4) is 0 Å². The van der Waals surface area contributed by atoms with Gasteiger partial charge in [-0.05, 0) is 79.6 Å². The average molecular weight is 413 g/mol. The summed E-state index contributed by atoms with van der Waals surface area (Å²) in [6.07, 6.45) is 11.0. The fraction of sp³-hybridized carbons (Fsp3) is 0.778. The van der Waals surface area contributed by atoms with E-state index in [1.807, 2.05) is 6.08 Å². The molecule has 3 saturated carbocycles.